The van der Waals surface area contributed by atoms with E-state index in [1.54, 1.807) is 0 Å². The van der Waals surface area contributed by atoms with E-state index in [9.17, 15) is 4.79 Å². The van der Waals surface area contributed by atoms with Crippen molar-refractivity contribution in [3.8, 4) is 0 Å². The minimum Gasteiger partial charge on any atom is -0.430 e. The van der Waals surface area contributed by atoms with Crippen LogP contribution in [0.2, 0.25) is 0 Å². The van der Waals surface area contributed by atoms with Gasteiger partial charge in [0.15, 0.2) is 0 Å². The smallest absolute Gasteiger partial charge is 0.430 e. The predicted molar refractivity (Wildman–Crippen MR) is 49.7 cm³/mol. The molecule has 0 aromatic carbocycles. The van der Waals surface area contributed by atoms with E-state index in [2.05, 4.69) is 12.2 Å². The van der Waals surface area contributed by atoms with Crippen LogP contribution in [0.15, 0.2) is 12.2 Å². The van der Waals surface area contributed by atoms with Gasteiger partial charge < -0.3 is 9.47 Å². The van der Waals surface area contributed by atoms with Gasteiger partial charge in [-0.25, -0.2) is 4.79 Å². The minimum absolute atomic E-state index is 0.0141. The highest BCUT2D eigenvalue weighted by Crippen LogP contribution is 2.43. The summed E-state index contributed by atoms with van der Waals surface area (Å²) in [5.41, 5.74) is 0. The summed E-state index contributed by atoms with van der Waals surface area (Å²) in [4.78, 5) is 10.8. The molecule has 3 heteroatoms. The zero-order chi connectivity index (χ0) is 9.54. The van der Waals surface area contributed by atoms with Gasteiger partial charge in [0.25, 0.3) is 0 Å². The fourth-order valence-electron chi connectivity index (χ4n) is 2.96. The average molecular weight is 194 g/mol. The normalized spacial score (nSPS) is 45.0. The molecule has 1 saturated carbocycles. The van der Waals surface area contributed by atoms with E-state index in [4.69, 9.17) is 9.47 Å². The number of allylic oxidation sites excluding steroid dienone is 2. The van der Waals surface area contributed by atoms with Crippen molar-refractivity contribution in [2.24, 2.45) is 17.8 Å². The molecule has 2 bridgehead atoms. The summed E-state index contributed by atoms with van der Waals surface area (Å²) < 4.78 is 10.00. The third kappa shape index (κ3) is 1.22. The van der Waals surface area contributed by atoms with E-state index in [0.29, 0.717) is 24.4 Å². The molecule has 4 aliphatic rings. The molecule has 0 amide bonds. The van der Waals surface area contributed by atoms with Gasteiger partial charge in [0.1, 0.15) is 12.7 Å². The number of fused-ring (bicyclic) bond motifs is 2. The van der Waals surface area contributed by atoms with Crippen molar-refractivity contribution in [3.63, 3.8) is 0 Å². The Kier molecular flexibility index (Phi) is 1.79. The molecule has 1 saturated heterocycles. The highest BCUT2D eigenvalue weighted by molar-refractivity contribution is 5.61. The molecule has 0 aromatic rings. The molecule has 76 valence electrons. The number of carbonyl (C=O) groups is 1. The fraction of sp³-hybridized carbons (Fsp3) is 0.727. The van der Waals surface area contributed by atoms with Gasteiger partial charge in [0, 0.05) is 5.92 Å². The summed E-state index contributed by atoms with van der Waals surface area (Å²) >= 11 is 0. The zero-order valence-electron chi connectivity index (χ0n) is 8.02. The van der Waals surface area contributed by atoms with Crippen LogP contribution in [0.3, 0.4) is 0 Å². The average Bonchev–Trinajstić information content (AvgIpc) is 2.66. The topological polar surface area (TPSA) is 35.5 Å². The van der Waals surface area contributed by atoms with Crippen molar-refractivity contribution in [2.75, 3.05) is 6.61 Å². The first kappa shape index (κ1) is 8.33. The third-order valence-electron chi connectivity index (χ3n) is 3.72. The monoisotopic (exact) mass is 194 g/mol. The van der Waals surface area contributed by atoms with Gasteiger partial charge in [0.2, 0.25) is 0 Å². The van der Waals surface area contributed by atoms with E-state index < -0.39 is 6.16 Å². The van der Waals surface area contributed by atoms with Crippen LogP contribution in [0, 0.1) is 17.8 Å². The Morgan fingerprint density at radius 1 is 1.29 bits per heavy atom. The van der Waals surface area contributed by atoms with Gasteiger partial charge >= 0.3 is 6.16 Å². The lowest BCUT2D eigenvalue weighted by Gasteiger charge is -2.39. The van der Waals surface area contributed by atoms with Crippen LogP contribution in [0.5, 0.6) is 0 Å². The molecule has 0 aromatic heterocycles. The highest BCUT2D eigenvalue weighted by Gasteiger charge is 2.41. The SMILES string of the molecule is O=C1OC[C@H](C2CC3C=CC2CC3)O1. The van der Waals surface area contributed by atoms with Crippen LogP contribution in [-0.4, -0.2) is 18.9 Å². The maximum absolute atomic E-state index is 10.8. The fourth-order valence-corrected chi connectivity index (χ4v) is 2.96. The number of ether oxygens (including phenoxy) is 2. The lowest BCUT2D eigenvalue weighted by Crippen LogP contribution is -2.36. The zero-order valence-corrected chi connectivity index (χ0v) is 8.02. The molecular weight excluding hydrogens is 180 g/mol. The van der Waals surface area contributed by atoms with Gasteiger partial charge in [0.05, 0.1) is 0 Å². The van der Waals surface area contributed by atoms with E-state index in [1.165, 1.54) is 19.3 Å². The Morgan fingerprint density at radius 3 is 2.71 bits per heavy atom. The van der Waals surface area contributed by atoms with Gasteiger partial charge in [-0.2, -0.15) is 0 Å². The maximum Gasteiger partial charge on any atom is 0.508 e. The second-order valence-corrected chi connectivity index (χ2v) is 4.50. The van der Waals surface area contributed by atoms with Crippen molar-refractivity contribution < 1.29 is 14.3 Å². The number of hydrogen-bond acceptors (Lipinski definition) is 3. The summed E-state index contributed by atoms with van der Waals surface area (Å²) in [6, 6.07) is 0. The lowest BCUT2D eigenvalue weighted by molar-refractivity contribution is 0.0563. The third-order valence-corrected chi connectivity index (χ3v) is 3.72. The lowest BCUT2D eigenvalue weighted by atomic mass is 9.67. The van der Waals surface area contributed by atoms with Crippen molar-refractivity contribution in [1.29, 1.82) is 0 Å². The largest absolute Gasteiger partial charge is 0.508 e. The Labute approximate surface area is 83.1 Å². The quantitative estimate of drug-likeness (QED) is 0.474. The number of hydrogen-bond donors (Lipinski definition) is 0. The molecule has 1 heterocycles. The van der Waals surface area contributed by atoms with E-state index >= 15 is 0 Å². The molecule has 3 unspecified atom stereocenters. The molecule has 4 atom stereocenters. The van der Waals surface area contributed by atoms with Crippen molar-refractivity contribution >= 4 is 6.16 Å². The van der Waals surface area contributed by atoms with E-state index in [0.717, 1.165) is 0 Å². The van der Waals surface area contributed by atoms with Crippen LogP contribution in [-0.2, 0) is 9.47 Å². The van der Waals surface area contributed by atoms with Crippen LogP contribution in [0.1, 0.15) is 19.3 Å². The summed E-state index contributed by atoms with van der Waals surface area (Å²) in [6.45, 7) is 0.459. The predicted octanol–water partition coefficient (Wildman–Crippen LogP) is 2.12. The molecule has 1 aliphatic heterocycles. The molecule has 0 radical (unpaired) electrons. The number of rotatable bonds is 1. The Morgan fingerprint density at radius 2 is 2.21 bits per heavy atom. The number of cyclic esters (lactones) is 2. The molecule has 0 N–H and O–H groups in total. The molecule has 2 fully saturated rings. The van der Waals surface area contributed by atoms with Gasteiger partial charge in [-0.1, -0.05) is 12.2 Å². The molecular formula is C11H14O3. The van der Waals surface area contributed by atoms with Crippen LogP contribution in [0.25, 0.3) is 0 Å². The van der Waals surface area contributed by atoms with Crippen LogP contribution in [0.4, 0.5) is 4.79 Å². The summed E-state index contributed by atoms with van der Waals surface area (Å²) in [7, 11) is 0. The Hall–Kier alpha value is -0.990. The summed E-state index contributed by atoms with van der Waals surface area (Å²) in [6.07, 6.45) is 7.87. The second-order valence-electron chi connectivity index (χ2n) is 4.50. The minimum atomic E-state index is -0.486. The molecule has 0 spiro atoms. The van der Waals surface area contributed by atoms with Crippen LogP contribution < -0.4 is 0 Å². The molecule has 14 heavy (non-hydrogen) atoms. The van der Waals surface area contributed by atoms with Gasteiger partial charge in [-0.15, -0.1) is 0 Å². The Balaban J connectivity index is 1.74. The van der Waals surface area contributed by atoms with E-state index in [-0.39, 0.29) is 6.10 Å². The van der Waals surface area contributed by atoms with Crippen molar-refractivity contribution in [3.05, 3.63) is 12.2 Å². The molecule has 3 nitrogen and oxygen atoms in total. The second kappa shape index (κ2) is 3.01. The number of carbonyl (C=O) groups excluding carboxylic acids is 1. The summed E-state index contributed by atoms with van der Waals surface area (Å²) in [5, 5.41) is 0. The molecule has 4 rings (SSSR count). The van der Waals surface area contributed by atoms with Gasteiger partial charge in [-0.05, 0) is 31.1 Å². The maximum atomic E-state index is 10.8. The van der Waals surface area contributed by atoms with Crippen molar-refractivity contribution in [2.45, 2.75) is 25.4 Å². The first-order valence-electron chi connectivity index (χ1n) is 5.34. The van der Waals surface area contributed by atoms with Crippen molar-refractivity contribution in [1.82, 2.24) is 0 Å². The highest BCUT2D eigenvalue weighted by atomic mass is 16.8. The molecule has 3 aliphatic carbocycles. The first-order valence-corrected chi connectivity index (χ1v) is 5.34. The standard InChI is InChI=1S/C11H14O3/c12-11-13-6-10(14-11)9-5-7-1-3-8(9)4-2-7/h1,3,7-10H,2,4-6H2/t7?,8?,9?,10-/m1/s1. The first-order chi connectivity index (χ1) is 6.83. The van der Waals surface area contributed by atoms with E-state index in [1.807, 2.05) is 0 Å². The summed E-state index contributed by atoms with van der Waals surface area (Å²) in [5.74, 6) is 1.83. The van der Waals surface area contributed by atoms with Gasteiger partial charge in [-0.3, -0.25) is 0 Å². The van der Waals surface area contributed by atoms with Crippen LogP contribution >= 0.6 is 0 Å². The Bertz CT molecular complexity index is 284.